The number of hydrogen-bond acceptors (Lipinski definition) is 3. The fourth-order valence-corrected chi connectivity index (χ4v) is 2.96. The molecule has 0 radical (unpaired) electrons. The SMILES string of the molecule is CC1OCCC1CNC1CCCC(C(=O)O)C1. The fraction of sp³-hybridized carbons (Fsp3) is 0.923. The molecule has 0 amide bonds. The van der Waals surface area contributed by atoms with Crippen molar-refractivity contribution in [1.29, 1.82) is 0 Å². The maximum absolute atomic E-state index is 11.0. The van der Waals surface area contributed by atoms with E-state index in [2.05, 4.69) is 12.2 Å². The van der Waals surface area contributed by atoms with Crippen LogP contribution in [0.2, 0.25) is 0 Å². The van der Waals surface area contributed by atoms with E-state index in [1.54, 1.807) is 0 Å². The molecule has 0 aromatic rings. The summed E-state index contributed by atoms with van der Waals surface area (Å²) < 4.78 is 5.53. The van der Waals surface area contributed by atoms with Crippen LogP contribution in [-0.4, -0.2) is 36.4 Å². The maximum Gasteiger partial charge on any atom is 0.306 e. The van der Waals surface area contributed by atoms with E-state index < -0.39 is 5.97 Å². The van der Waals surface area contributed by atoms with Crippen LogP contribution in [0.4, 0.5) is 0 Å². The molecule has 2 rings (SSSR count). The molecule has 2 aliphatic rings. The molecule has 2 N–H and O–H groups in total. The normalized spacial score (nSPS) is 38.2. The van der Waals surface area contributed by atoms with Gasteiger partial charge in [-0.1, -0.05) is 6.42 Å². The Hall–Kier alpha value is -0.610. The predicted molar refractivity (Wildman–Crippen MR) is 64.9 cm³/mol. The van der Waals surface area contributed by atoms with Gasteiger partial charge in [-0.05, 0) is 38.5 Å². The third-order valence-electron chi connectivity index (χ3n) is 4.23. The number of ether oxygens (including phenoxy) is 1. The summed E-state index contributed by atoms with van der Waals surface area (Å²) in [5, 5.41) is 12.6. The number of hydrogen-bond donors (Lipinski definition) is 2. The van der Waals surface area contributed by atoms with Gasteiger partial charge in [-0.25, -0.2) is 0 Å². The van der Waals surface area contributed by atoms with E-state index in [-0.39, 0.29) is 5.92 Å². The van der Waals surface area contributed by atoms with Gasteiger partial charge in [0.1, 0.15) is 0 Å². The zero-order chi connectivity index (χ0) is 12.3. The maximum atomic E-state index is 11.0. The summed E-state index contributed by atoms with van der Waals surface area (Å²) in [5.41, 5.74) is 0. The lowest BCUT2D eigenvalue weighted by Gasteiger charge is -2.28. The first-order valence-electron chi connectivity index (χ1n) is 6.74. The lowest BCUT2D eigenvalue weighted by molar-refractivity contribution is -0.143. The van der Waals surface area contributed by atoms with Gasteiger partial charge in [-0.3, -0.25) is 4.79 Å². The van der Waals surface area contributed by atoms with Crippen molar-refractivity contribution in [3.63, 3.8) is 0 Å². The van der Waals surface area contributed by atoms with Crippen molar-refractivity contribution in [2.75, 3.05) is 13.2 Å². The van der Waals surface area contributed by atoms with Gasteiger partial charge in [-0.15, -0.1) is 0 Å². The summed E-state index contributed by atoms with van der Waals surface area (Å²) in [4.78, 5) is 11.0. The summed E-state index contributed by atoms with van der Waals surface area (Å²) in [6.45, 7) is 3.97. The Morgan fingerprint density at radius 3 is 2.88 bits per heavy atom. The topological polar surface area (TPSA) is 58.6 Å². The van der Waals surface area contributed by atoms with Crippen molar-refractivity contribution in [3.8, 4) is 0 Å². The highest BCUT2D eigenvalue weighted by atomic mass is 16.5. The van der Waals surface area contributed by atoms with E-state index in [0.717, 1.165) is 45.3 Å². The van der Waals surface area contributed by atoms with E-state index >= 15 is 0 Å². The molecule has 1 saturated carbocycles. The van der Waals surface area contributed by atoms with E-state index in [1.165, 1.54) is 0 Å². The molecule has 0 aromatic heterocycles. The van der Waals surface area contributed by atoms with Crippen LogP contribution >= 0.6 is 0 Å². The van der Waals surface area contributed by atoms with E-state index in [1.807, 2.05) is 0 Å². The first-order chi connectivity index (χ1) is 8.16. The van der Waals surface area contributed by atoms with Gasteiger partial charge in [0, 0.05) is 19.2 Å². The summed E-state index contributed by atoms with van der Waals surface area (Å²) in [6, 6.07) is 0.387. The monoisotopic (exact) mass is 241 g/mol. The molecule has 4 heteroatoms. The van der Waals surface area contributed by atoms with Gasteiger partial charge >= 0.3 is 5.97 Å². The molecule has 0 bridgehead atoms. The number of nitrogens with one attached hydrogen (secondary N) is 1. The lowest BCUT2D eigenvalue weighted by Crippen LogP contribution is -2.39. The number of carboxylic acids is 1. The molecule has 0 aromatic carbocycles. The van der Waals surface area contributed by atoms with Crippen LogP contribution in [0.25, 0.3) is 0 Å². The number of aliphatic carboxylic acids is 1. The zero-order valence-corrected chi connectivity index (χ0v) is 10.5. The molecule has 4 atom stereocenters. The molecule has 1 aliphatic carbocycles. The van der Waals surface area contributed by atoms with Crippen LogP contribution in [0.1, 0.15) is 39.0 Å². The Balaban J connectivity index is 1.73. The van der Waals surface area contributed by atoms with Crippen molar-refractivity contribution < 1.29 is 14.6 Å². The number of rotatable bonds is 4. The van der Waals surface area contributed by atoms with Gasteiger partial charge in [0.25, 0.3) is 0 Å². The van der Waals surface area contributed by atoms with Gasteiger partial charge in [0.15, 0.2) is 0 Å². The van der Waals surface area contributed by atoms with Crippen molar-refractivity contribution in [2.24, 2.45) is 11.8 Å². The molecule has 4 nitrogen and oxygen atoms in total. The third-order valence-corrected chi connectivity index (χ3v) is 4.23. The average molecular weight is 241 g/mol. The van der Waals surface area contributed by atoms with E-state index in [4.69, 9.17) is 9.84 Å². The molecule has 4 unspecified atom stereocenters. The molecule has 0 spiro atoms. The predicted octanol–water partition coefficient (Wildman–Crippen LogP) is 1.64. The second-order valence-corrected chi connectivity index (χ2v) is 5.43. The Morgan fingerprint density at radius 1 is 1.41 bits per heavy atom. The van der Waals surface area contributed by atoms with Crippen LogP contribution in [0.3, 0.4) is 0 Å². The van der Waals surface area contributed by atoms with Crippen molar-refractivity contribution in [1.82, 2.24) is 5.32 Å². The number of carbonyl (C=O) groups is 1. The highest BCUT2D eigenvalue weighted by Gasteiger charge is 2.29. The van der Waals surface area contributed by atoms with Crippen LogP contribution in [0.5, 0.6) is 0 Å². The summed E-state index contributed by atoms with van der Waals surface area (Å²) in [5.74, 6) is -0.173. The minimum atomic E-state index is -0.630. The van der Waals surface area contributed by atoms with Gasteiger partial charge in [0.2, 0.25) is 0 Å². The van der Waals surface area contributed by atoms with Crippen molar-refractivity contribution >= 4 is 5.97 Å². The third kappa shape index (κ3) is 3.42. The second kappa shape index (κ2) is 5.83. The molecule has 17 heavy (non-hydrogen) atoms. The molecular formula is C13H23NO3. The Labute approximate surface area is 103 Å². The smallest absolute Gasteiger partial charge is 0.306 e. The zero-order valence-electron chi connectivity index (χ0n) is 10.5. The standard InChI is InChI=1S/C13H23NO3/c1-9-11(5-6-17-9)8-14-12-4-2-3-10(7-12)13(15)16/h9-12,14H,2-8H2,1H3,(H,15,16). The molecule has 1 saturated heterocycles. The van der Waals surface area contributed by atoms with E-state index in [9.17, 15) is 4.79 Å². The van der Waals surface area contributed by atoms with Crippen LogP contribution in [0, 0.1) is 11.8 Å². The van der Waals surface area contributed by atoms with Crippen LogP contribution < -0.4 is 5.32 Å². The first kappa shape index (κ1) is 12.8. The summed E-state index contributed by atoms with van der Waals surface area (Å²) in [6.07, 6.45) is 5.26. The fourth-order valence-electron chi connectivity index (χ4n) is 2.96. The Bertz CT molecular complexity index is 269. The second-order valence-electron chi connectivity index (χ2n) is 5.43. The molecule has 2 fully saturated rings. The first-order valence-corrected chi connectivity index (χ1v) is 6.74. The molecule has 1 heterocycles. The lowest BCUT2D eigenvalue weighted by atomic mass is 9.85. The van der Waals surface area contributed by atoms with Gasteiger partial charge in [0.05, 0.1) is 12.0 Å². The van der Waals surface area contributed by atoms with Crippen molar-refractivity contribution in [3.05, 3.63) is 0 Å². The minimum Gasteiger partial charge on any atom is -0.481 e. The van der Waals surface area contributed by atoms with Crippen LogP contribution in [-0.2, 0) is 9.53 Å². The average Bonchev–Trinajstić information content (AvgIpc) is 2.72. The quantitative estimate of drug-likeness (QED) is 0.785. The highest BCUT2D eigenvalue weighted by molar-refractivity contribution is 5.70. The van der Waals surface area contributed by atoms with Crippen LogP contribution in [0.15, 0.2) is 0 Å². The molecule has 98 valence electrons. The van der Waals surface area contributed by atoms with Gasteiger partial charge < -0.3 is 15.2 Å². The van der Waals surface area contributed by atoms with Gasteiger partial charge in [-0.2, -0.15) is 0 Å². The van der Waals surface area contributed by atoms with E-state index in [0.29, 0.717) is 18.1 Å². The molecular weight excluding hydrogens is 218 g/mol. The Morgan fingerprint density at radius 2 is 2.24 bits per heavy atom. The largest absolute Gasteiger partial charge is 0.481 e. The number of carboxylic acid groups (broad SMARTS) is 1. The minimum absolute atomic E-state index is 0.140. The Kier molecular flexibility index (Phi) is 4.40. The summed E-state index contributed by atoms with van der Waals surface area (Å²) >= 11 is 0. The summed E-state index contributed by atoms with van der Waals surface area (Å²) in [7, 11) is 0. The van der Waals surface area contributed by atoms with Crippen molar-refractivity contribution in [2.45, 2.75) is 51.2 Å². The highest BCUT2D eigenvalue weighted by Crippen LogP contribution is 2.25. The molecule has 1 aliphatic heterocycles.